The molecule has 0 unspecified atom stereocenters. The van der Waals surface area contributed by atoms with Gasteiger partial charge >= 0.3 is 5.97 Å². The third-order valence-corrected chi connectivity index (χ3v) is 9.61. The summed E-state index contributed by atoms with van der Waals surface area (Å²) in [4.78, 5) is 25.8. The normalized spacial score (nSPS) is 18.3. The first-order chi connectivity index (χ1) is 21.0. The smallest absolute Gasteiger partial charge is 0.337 e. The number of benzene rings is 1. The summed E-state index contributed by atoms with van der Waals surface area (Å²) in [5.41, 5.74) is 4.29. The van der Waals surface area contributed by atoms with Crippen LogP contribution >= 0.6 is 11.3 Å². The van der Waals surface area contributed by atoms with E-state index >= 15 is 0 Å². The van der Waals surface area contributed by atoms with Crippen LogP contribution in [0.4, 0.5) is 5.82 Å². The molecule has 1 atom stereocenters. The number of carboxylic acid groups (broad SMARTS) is 1. The molecule has 6 heterocycles. The zero-order valence-corrected chi connectivity index (χ0v) is 27.2. The van der Waals surface area contributed by atoms with Gasteiger partial charge in [-0.15, -0.1) is 11.3 Å². The predicted molar refractivity (Wildman–Crippen MR) is 173 cm³/mol. The number of thiazole rings is 1. The monoisotopic (exact) mass is 617 g/mol. The van der Waals surface area contributed by atoms with E-state index in [9.17, 15) is 9.90 Å². The summed E-state index contributed by atoms with van der Waals surface area (Å²) < 4.78 is 14.5. The highest BCUT2D eigenvalue weighted by molar-refractivity contribution is 7.15. The number of rotatable bonds is 3. The molecule has 4 aromatic rings. The van der Waals surface area contributed by atoms with Crippen LogP contribution < -0.4 is 4.90 Å². The van der Waals surface area contributed by atoms with Gasteiger partial charge in [0.15, 0.2) is 11.8 Å². The van der Waals surface area contributed by atoms with Crippen molar-refractivity contribution >= 4 is 28.8 Å². The fraction of sp³-hybridized carbons (Fsp3) is 0.529. The predicted octanol–water partition coefficient (Wildman–Crippen LogP) is 6.79. The number of fused-ring (bicyclic) bond motifs is 7. The molecule has 44 heavy (non-hydrogen) atoms. The molecule has 1 aromatic carbocycles. The fourth-order valence-corrected chi connectivity index (χ4v) is 7.19. The van der Waals surface area contributed by atoms with Crippen molar-refractivity contribution in [3.8, 4) is 10.7 Å². The maximum absolute atomic E-state index is 12.7. The molecule has 7 rings (SSSR count). The molecule has 3 aromatic heterocycles. The van der Waals surface area contributed by atoms with Crippen LogP contribution in [0, 0.1) is 6.92 Å². The Labute approximate surface area is 263 Å². The molecule has 8 bridgehead atoms. The van der Waals surface area contributed by atoms with E-state index in [-0.39, 0.29) is 5.60 Å². The summed E-state index contributed by atoms with van der Waals surface area (Å²) >= 11 is 1.64. The molecule has 0 aliphatic carbocycles. The molecule has 0 spiro atoms. The first-order valence-corrected chi connectivity index (χ1v) is 16.5. The van der Waals surface area contributed by atoms with Gasteiger partial charge in [-0.1, -0.05) is 30.7 Å². The van der Waals surface area contributed by atoms with Crippen molar-refractivity contribution in [3.63, 3.8) is 0 Å². The molecule has 0 radical (unpaired) electrons. The third-order valence-electron chi connectivity index (χ3n) is 8.59. The highest BCUT2D eigenvalue weighted by Crippen LogP contribution is 2.39. The van der Waals surface area contributed by atoms with Crippen molar-refractivity contribution in [1.82, 2.24) is 19.6 Å². The van der Waals surface area contributed by atoms with Crippen molar-refractivity contribution in [3.05, 3.63) is 63.8 Å². The Morgan fingerprint density at radius 1 is 1.14 bits per heavy atom. The zero-order chi connectivity index (χ0) is 31.1. The number of aryl methyl sites for hydroxylation is 2. The minimum Gasteiger partial charge on any atom is -0.479 e. The van der Waals surface area contributed by atoms with E-state index in [1.54, 1.807) is 15.9 Å². The number of hydrogen-bond acceptors (Lipinski definition) is 8. The molecule has 10 heteroatoms. The molecule has 1 N–H and O–H groups in total. The van der Waals surface area contributed by atoms with Crippen LogP contribution in [0.2, 0.25) is 0 Å². The molecule has 9 nitrogen and oxygen atoms in total. The van der Waals surface area contributed by atoms with Gasteiger partial charge in [0.25, 0.3) is 0 Å². The molecule has 0 amide bonds. The van der Waals surface area contributed by atoms with Crippen LogP contribution in [0.1, 0.15) is 93.2 Å². The van der Waals surface area contributed by atoms with Gasteiger partial charge in [0.1, 0.15) is 16.5 Å². The maximum Gasteiger partial charge on any atom is 0.337 e. The number of carboxylic acids is 1. The van der Waals surface area contributed by atoms with E-state index in [0.717, 1.165) is 68.1 Å². The van der Waals surface area contributed by atoms with Crippen molar-refractivity contribution < 1.29 is 19.4 Å². The van der Waals surface area contributed by atoms with Gasteiger partial charge in [0, 0.05) is 49.0 Å². The molecule has 234 valence electrons. The Balaban J connectivity index is 1.46. The van der Waals surface area contributed by atoms with E-state index in [2.05, 4.69) is 36.1 Å². The van der Waals surface area contributed by atoms with Crippen molar-refractivity contribution in [2.45, 2.75) is 96.9 Å². The Kier molecular flexibility index (Phi) is 8.52. The second kappa shape index (κ2) is 12.2. The van der Waals surface area contributed by atoms with E-state index in [0.29, 0.717) is 30.0 Å². The van der Waals surface area contributed by atoms with Crippen LogP contribution in [0.25, 0.3) is 16.3 Å². The largest absolute Gasteiger partial charge is 0.479 e. The third kappa shape index (κ3) is 6.67. The van der Waals surface area contributed by atoms with Gasteiger partial charge in [0.05, 0.1) is 16.8 Å². The lowest BCUT2D eigenvalue weighted by Crippen LogP contribution is -2.46. The molecule has 1 fully saturated rings. The van der Waals surface area contributed by atoms with Crippen LogP contribution in [0.3, 0.4) is 0 Å². The van der Waals surface area contributed by atoms with Gasteiger partial charge in [-0.2, -0.15) is 9.61 Å². The lowest BCUT2D eigenvalue weighted by molar-refractivity contribution is -0.160. The number of anilines is 1. The maximum atomic E-state index is 12.7. The number of carbonyl (C=O) groups is 1. The summed E-state index contributed by atoms with van der Waals surface area (Å²) in [5.74, 6) is -0.328. The van der Waals surface area contributed by atoms with Crippen molar-refractivity contribution in [2.24, 2.45) is 0 Å². The standard InChI is InChI=1S/C34H43N5O4S/c1-22-28(29(32(40)41)43-33(2,3)4)31-38-15-13-34(5,14-16-38)42-17-8-6-7-10-23-11-9-12-24(18-23)19-25-21-35-30(44-25)26-20-27(36-22)39(31)37-26/h9,11-12,18,20-21,29H,6-8,10,13-17,19H2,1-5H3,(H,40,41)/t29-/m0/s1. The second-order valence-corrected chi connectivity index (χ2v) is 14.5. The molecule has 3 aliphatic heterocycles. The number of piperidine rings is 1. The van der Waals surface area contributed by atoms with E-state index < -0.39 is 17.7 Å². The summed E-state index contributed by atoms with van der Waals surface area (Å²) in [6.07, 6.45) is 7.59. The average Bonchev–Trinajstić information content (AvgIpc) is 3.60. The molecular formula is C34H43N5O4S. The van der Waals surface area contributed by atoms with E-state index in [1.807, 2.05) is 40.0 Å². The van der Waals surface area contributed by atoms with Crippen LogP contribution in [0.15, 0.2) is 36.5 Å². The van der Waals surface area contributed by atoms with Gasteiger partial charge < -0.3 is 19.5 Å². The fourth-order valence-electron chi connectivity index (χ4n) is 6.28. The van der Waals surface area contributed by atoms with Crippen LogP contribution in [-0.4, -0.2) is 61.6 Å². The van der Waals surface area contributed by atoms with Gasteiger partial charge in [-0.05, 0) is 77.8 Å². The minimum atomic E-state index is -1.20. The molecule has 1 saturated heterocycles. The Hall–Kier alpha value is -3.34. The number of ether oxygens (including phenoxy) is 2. The highest BCUT2D eigenvalue weighted by atomic mass is 32.1. The SMILES string of the molecule is Cc1nc2cc3nn2c(c1[C@H](OC(C)(C)C)C(=O)O)N1CCC(C)(CC1)OCCCCCc1cccc(c1)Cc1cnc-3s1. The number of nitrogens with zero attached hydrogens (tertiary/aromatic N) is 5. The summed E-state index contributed by atoms with van der Waals surface area (Å²) in [6.45, 7) is 11.8. The van der Waals surface area contributed by atoms with Gasteiger partial charge in [0.2, 0.25) is 0 Å². The van der Waals surface area contributed by atoms with E-state index in [1.165, 1.54) is 16.0 Å². The Morgan fingerprint density at radius 2 is 1.91 bits per heavy atom. The average molecular weight is 618 g/mol. The van der Waals surface area contributed by atoms with Crippen molar-refractivity contribution in [2.75, 3.05) is 24.6 Å². The Bertz CT molecular complexity index is 1650. The number of aromatic nitrogens is 4. The number of aliphatic carboxylic acids is 1. The first-order valence-electron chi connectivity index (χ1n) is 15.7. The van der Waals surface area contributed by atoms with Crippen LogP contribution in [-0.2, 0) is 27.1 Å². The minimum absolute atomic E-state index is 0.231. The van der Waals surface area contributed by atoms with Crippen LogP contribution in [0.5, 0.6) is 0 Å². The van der Waals surface area contributed by atoms with Crippen molar-refractivity contribution in [1.29, 1.82) is 0 Å². The van der Waals surface area contributed by atoms with Gasteiger partial charge in [-0.25, -0.2) is 14.8 Å². The summed E-state index contributed by atoms with van der Waals surface area (Å²) in [7, 11) is 0. The Morgan fingerprint density at radius 3 is 2.66 bits per heavy atom. The second-order valence-electron chi connectivity index (χ2n) is 13.4. The lowest BCUT2D eigenvalue weighted by atomic mass is 9.92. The summed E-state index contributed by atoms with van der Waals surface area (Å²) in [6, 6.07) is 10.8. The van der Waals surface area contributed by atoms with E-state index in [4.69, 9.17) is 24.5 Å². The highest BCUT2D eigenvalue weighted by Gasteiger charge is 2.38. The summed E-state index contributed by atoms with van der Waals surface area (Å²) in [5, 5.41) is 16.3. The molecule has 0 saturated carbocycles. The lowest BCUT2D eigenvalue weighted by Gasteiger charge is -2.41. The number of hydrogen-bond donors (Lipinski definition) is 1. The first kappa shape index (κ1) is 30.7. The zero-order valence-electron chi connectivity index (χ0n) is 26.4. The quantitative estimate of drug-likeness (QED) is 0.268. The molecule has 3 aliphatic rings. The van der Waals surface area contributed by atoms with Gasteiger partial charge in [-0.3, -0.25) is 0 Å². The topological polar surface area (TPSA) is 102 Å². The molecular weight excluding hydrogens is 574 g/mol.